The van der Waals surface area contributed by atoms with E-state index in [1.165, 1.54) is 23.1 Å². The zero-order valence-electron chi connectivity index (χ0n) is 16.4. The molecule has 0 aliphatic rings. The van der Waals surface area contributed by atoms with Gasteiger partial charge in [0.2, 0.25) is 11.7 Å². The third-order valence-electron chi connectivity index (χ3n) is 4.59. The van der Waals surface area contributed by atoms with Crippen molar-refractivity contribution in [3.63, 3.8) is 0 Å². The monoisotopic (exact) mass is 426 g/mol. The number of hydrogen-bond donors (Lipinski definition) is 0. The van der Waals surface area contributed by atoms with Gasteiger partial charge < -0.3 is 4.52 Å². The minimum atomic E-state index is 0.0366. The Hall–Kier alpha value is -2.45. The van der Waals surface area contributed by atoms with Crippen LogP contribution < -0.4 is 5.56 Å². The fourth-order valence-corrected chi connectivity index (χ4v) is 4.73. The second-order valence-electron chi connectivity index (χ2n) is 6.86. The molecule has 0 fully saturated rings. The Morgan fingerprint density at radius 1 is 1.21 bits per heavy atom. The summed E-state index contributed by atoms with van der Waals surface area (Å²) in [6, 6.07) is 9.89. The molecule has 3 heterocycles. The second-order valence-corrected chi connectivity index (χ2v) is 8.72. The van der Waals surface area contributed by atoms with E-state index in [2.05, 4.69) is 17.1 Å². The van der Waals surface area contributed by atoms with E-state index in [9.17, 15) is 4.79 Å². The van der Waals surface area contributed by atoms with E-state index in [1.807, 2.05) is 42.6 Å². The molecule has 0 spiro atoms. The number of aryl methyl sites for hydroxylation is 1. The van der Waals surface area contributed by atoms with E-state index in [0.29, 0.717) is 33.9 Å². The molecule has 0 amide bonds. The van der Waals surface area contributed by atoms with E-state index in [0.717, 1.165) is 35.9 Å². The van der Waals surface area contributed by atoms with E-state index >= 15 is 0 Å². The SMILES string of the molecule is CCCCCn1c(SCc2nc(-c3cccc(C)c3)no2)nc2ccsc2c1=O. The zero-order valence-corrected chi connectivity index (χ0v) is 18.1. The lowest BCUT2D eigenvalue weighted by Crippen LogP contribution is -2.22. The fraction of sp³-hybridized carbons (Fsp3) is 0.333. The Labute approximate surface area is 177 Å². The van der Waals surface area contributed by atoms with Crippen LogP contribution in [0.3, 0.4) is 0 Å². The van der Waals surface area contributed by atoms with Gasteiger partial charge in [0, 0.05) is 12.1 Å². The maximum absolute atomic E-state index is 12.9. The van der Waals surface area contributed by atoms with Gasteiger partial charge in [-0.2, -0.15) is 4.98 Å². The molecule has 150 valence electrons. The van der Waals surface area contributed by atoms with Gasteiger partial charge in [-0.25, -0.2) is 4.98 Å². The fourth-order valence-electron chi connectivity index (χ4n) is 3.09. The third kappa shape index (κ3) is 4.43. The van der Waals surface area contributed by atoms with Crippen molar-refractivity contribution in [3.8, 4) is 11.4 Å². The lowest BCUT2D eigenvalue weighted by Gasteiger charge is -2.10. The maximum Gasteiger partial charge on any atom is 0.272 e. The summed E-state index contributed by atoms with van der Waals surface area (Å²) in [5.41, 5.74) is 2.86. The molecule has 0 N–H and O–H groups in total. The highest BCUT2D eigenvalue weighted by atomic mass is 32.2. The van der Waals surface area contributed by atoms with Crippen LogP contribution in [0.25, 0.3) is 21.6 Å². The Morgan fingerprint density at radius 2 is 2.10 bits per heavy atom. The molecule has 0 aliphatic heterocycles. The number of nitrogens with zero attached hydrogens (tertiary/aromatic N) is 4. The van der Waals surface area contributed by atoms with Gasteiger partial charge in [-0.05, 0) is 30.9 Å². The van der Waals surface area contributed by atoms with E-state index < -0.39 is 0 Å². The maximum atomic E-state index is 12.9. The van der Waals surface area contributed by atoms with Crippen molar-refractivity contribution in [2.24, 2.45) is 0 Å². The smallest absolute Gasteiger partial charge is 0.272 e. The number of benzene rings is 1. The molecule has 0 radical (unpaired) electrons. The topological polar surface area (TPSA) is 73.8 Å². The summed E-state index contributed by atoms with van der Waals surface area (Å²) in [6.07, 6.45) is 3.15. The predicted octanol–water partition coefficient (Wildman–Crippen LogP) is 5.30. The number of unbranched alkanes of at least 4 members (excludes halogenated alkanes) is 2. The summed E-state index contributed by atoms with van der Waals surface area (Å²) >= 11 is 2.91. The Balaban J connectivity index is 1.56. The summed E-state index contributed by atoms with van der Waals surface area (Å²) in [7, 11) is 0. The summed E-state index contributed by atoms with van der Waals surface area (Å²) in [5, 5.41) is 6.71. The van der Waals surface area contributed by atoms with Gasteiger partial charge in [0.25, 0.3) is 5.56 Å². The average molecular weight is 427 g/mol. The van der Waals surface area contributed by atoms with Crippen LogP contribution in [0, 0.1) is 6.92 Å². The van der Waals surface area contributed by atoms with E-state index in [1.54, 1.807) is 4.57 Å². The Bertz CT molecular complexity index is 1180. The van der Waals surface area contributed by atoms with Crippen molar-refractivity contribution >= 4 is 33.3 Å². The van der Waals surface area contributed by atoms with Crippen molar-refractivity contribution in [1.82, 2.24) is 19.7 Å². The lowest BCUT2D eigenvalue weighted by molar-refractivity contribution is 0.391. The van der Waals surface area contributed by atoms with Gasteiger partial charge in [0.15, 0.2) is 5.16 Å². The van der Waals surface area contributed by atoms with Gasteiger partial charge in [-0.3, -0.25) is 9.36 Å². The number of fused-ring (bicyclic) bond motifs is 1. The van der Waals surface area contributed by atoms with Crippen LogP contribution in [0.15, 0.2) is 50.2 Å². The average Bonchev–Trinajstić information content (AvgIpc) is 3.38. The Morgan fingerprint density at radius 3 is 2.93 bits per heavy atom. The molecular formula is C21H22N4O2S2. The molecular weight excluding hydrogens is 404 g/mol. The standard InChI is InChI=1S/C21H22N4O2S2/c1-3-4-5-10-25-20(26)18-16(9-11-28-18)22-21(25)29-13-17-23-19(24-27-17)15-8-6-7-14(2)12-15/h6-9,11-12H,3-5,10,13H2,1-2H3. The molecule has 4 rings (SSSR count). The first-order valence-electron chi connectivity index (χ1n) is 9.66. The Kier molecular flexibility index (Phi) is 6.10. The highest BCUT2D eigenvalue weighted by molar-refractivity contribution is 7.98. The van der Waals surface area contributed by atoms with E-state index in [4.69, 9.17) is 9.51 Å². The van der Waals surface area contributed by atoms with Gasteiger partial charge in [0.1, 0.15) is 4.70 Å². The third-order valence-corrected chi connectivity index (χ3v) is 6.44. The van der Waals surface area contributed by atoms with Gasteiger partial charge in [0.05, 0.1) is 11.3 Å². The minimum Gasteiger partial charge on any atom is -0.338 e. The van der Waals surface area contributed by atoms with Crippen molar-refractivity contribution in [1.29, 1.82) is 0 Å². The normalized spacial score (nSPS) is 11.4. The molecule has 0 atom stereocenters. The molecule has 8 heteroatoms. The van der Waals surface area contributed by atoms with Crippen molar-refractivity contribution in [2.45, 2.75) is 50.6 Å². The van der Waals surface area contributed by atoms with Crippen LogP contribution in [0.1, 0.15) is 37.6 Å². The number of thiophene rings is 1. The molecule has 29 heavy (non-hydrogen) atoms. The molecule has 3 aromatic heterocycles. The number of aromatic nitrogens is 4. The van der Waals surface area contributed by atoms with Crippen molar-refractivity contribution in [3.05, 3.63) is 57.5 Å². The first kappa shape index (κ1) is 19.8. The first-order valence-corrected chi connectivity index (χ1v) is 11.5. The molecule has 1 aromatic carbocycles. The quantitative estimate of drug-likeness (QED) is 0.216. The molecule has 6 nitrogen and oxygen atoms in total. The highest BCUT2D eigenvalue weighted by Gasteiger charge is 2.15. The molecule has 0 saturated heterocycles. The van der Waals surface area contributed by atoms with Crippen LogP contribution in [0.2, 0.25) is 0 Å². The van der Waals surface area contributed by atoms with E-state index in [-0.39, 0.29) is 5.56 Å². The summed E-state index contributed by atoms with van der Waals surface area (Å²) < 4.78 is 7.93. The predicted molar refractivity (Wildman–Crippen MR) is 117 cm³/mol. The van der Waals surface area contributed by atoms with Gasteiger partial charge >= 0.3 is 0 Å². The summed E-state index contributed by atoms with van der Waals surface area (Å²) in [4.78, 5) is 22.1. The molecule has 0 bridgehead atoms. The van der Waals surface area contributed by atoms with Gasteiger partial charge in [-0.15, -0.1) is 11.3 Å². The number of thioether (sulfide) groups is 1. The molecule has 4 aromatic rings. The first-order chi connectivity index (χ1) is 14.2. The minimum absolute atomic E-state index is 0.0366. The van der Waals surface area contributed by atoms with Crippen LogP contribution in [-0.2, 0) is 12.3 Å². The second kappa shape index (κ2) is 8.92. The molecule has 0 saturated carbocycles. The van der Waals surface area contributed by atoms with Crippen LogP contribution in [0.5, 0.6) is 0 Å². The van der Waals surface area contributed by atoms with Gasteiger partial charge in [-0.1, -0.05) is 60.4 Å². The lowest BCUT2D eigenvalue weighted by atomic mass is 10.1. The summed E-state index contributed by atoms with van der Waals surface area (Å²) in [6.45, 7) is 4.86. The van der Waals surface area contributed by atoms with Crippen LogP contribution in [-0.4, -0.2) is 19.7 Å². The summed E-state index contributed by atoms with van der Waals surface area (Å²) in [5.74, 6) is 1.56. The highest BCUT2D eigenvalue weighted by Crippen LogP contribution is 2.25. The van der Waals surface area contributed by atoms with Crippen LogP contribution in [0.4, 0.5) is 0 Å². The number of rotatable bonds is 8. The van der Waals surface area contributed by atoms with Crippen molar-refractivity contribution < 1.29 is 4.52 Å². The zero-order chi connectivity index (χ0) is 20.2. The number of hydrogen-bond acceptors (Lipinski definition) is 7. The largest absolute Gasteiger partial charge is 0.338 e. The molecule has 0 aliphatic carbocycles. The van der Waals surface area contributed by atoms with Crippen LogP contribution >= 0.6 is 23.1 Å². The van der Waals surface area contributed by atoms with Crippen molar-refractivity contribution in [2.75, 3.05) is 0 Å². The molecule has 0 unspecified atom stereocenters.